The third kappa shape index (κ3) is 7.03. The average molecular weight is 475 g/mol. The van der Waals surface area contributed by atoms with Gasteiger partial charge >= 0.3 is 0 Å². The van der Waals surface area contributed by atoms with E-state index in [0.717, 1.165) is 31.7 Å². The number of nitrogens with one attached hydrogen (secondary N) is 2. The molecular weight excluding hydrogens is 438 g/mol. The number of rotatable bonds is 9. The van der Waals surface area contributed by atoms with Gasteiger partial charge in [-0.2, -0.15) is 12.6 Å². The van der Waals surface area contributed by atoms with Gasteiger partial charge in [0.15, 0.2) is 0 Å². The van der Waals surface area contributed by atoms with Crippen LogP contribution in [0.5, 0.6) is 0 Å². The Kier molecular flexibility index (Phi) is 8.94. The summed E-state index contributed by atoms with van der Waals surface area (Å²) in [6.07, 6.45) is 5.96. The summed E-state index contributed by atoms with van der Waals surface area (Å²) in [6, 6.07) is 12.0. The van der Waals surface area contributed by atoms with Crippen LogP contribution in [0.25, 0.3) is 0 Å². The normalized spacial score (nSPS) is 17.5. The molecule has 0 aromatic heterocycles. The zero-order chi connectivity index (χ0) is 24.0. The van der Waals surface area contributed by atoms with Crippen LogP contribution < -0.4 is 10.6 Å². The van der Waals surface area contributed by atoms with Gasteiger partial charge in [0.25, 0.3) is 0 Å². The Balaban J connectivity index is 1.78. The predicted octanol–water partition coefficient (Wildman–Crippen LogP) is 5.88. The molecule has 0 spiro atoms. The molecule has 2 aromatic carbocycles. The first-order valence-electron chi connectivity index (χ1n) is 11.9. The maximum Gasteiger partial charge on any atom is 0.217 e. The van der Waals surface area contributed by atoms with Crippen molar-refractivity contribution in [2.24, 2.45) is 0 Å². The molecule has 0 bridgehead atoms. The van der Waals surface area contributed by atoms with Gasteiger partial charge in [0.05, 0.1) is 0 Å². The van der Waals surface area contributed by atoms with Gasteiger partial charge in [-0.15, -0.1) is 0 Å². The fraction of sp³-hybridized carbons (Fsp3) is 0.519. The van der Waals surface area contributed by atoms with E-state index in [9.17, 15) is 13.6 Å². The van der Waals surface area contributed by atoms with Crippen molar-refractivity contribution in [2.75, 3.05) is 6.54 Å². The average Bonchev–Trinajstić information content (AvgIpc) is 2.77. The molecule has 1 amide bonds. The second-order valence-corrected chi connectivity index (χ2v) is 10.3. The minimum Gasteiger partial charge on any atom is -0.352 e. The number of amides is 1. The topological polar surface area (TPSA) is 41.1 Å². The van der Waals surface area contributed by atoms with Crippen molar-refractivity contribution >= 4 is 18.5 Å². The Labute approximate surface area is 202 Å². The molecule has 1 saturated carbocycles. The maximum absolute atomic E-state index is 13.7. The molecule has 6 heteroatoms. The Morgan fingerprint density at radius 1 is 1.06 bits per heavy atom. The number of carbonyl (C=O) groups excluding carboxylic acids is 1. The van der Waals surface area contributed by atoms with Gasteiger partial charge in [-0.1, -0.05) is 57.4 Å². The van der Waals surface area contributed by atoms with Gasteiger partial charge in [-0.05, 0) is 54.0 Å². The summed E-state index contributed by atoms with van der Waals surface area (Å²) in [7, 11) is 0. The van der Waals surface area contributed by atoms with Crippen molar-refractivity contribution in [3.63, 3.8) is 0 Å². The van der Waals surface area contributed by atoms with Crippen molar-refractivity contribution in [3.8, 4) is 0 Å². The van der Waals surface area contributed by atoms with Crippen molar-refractivity contribution in [1.82, 2.24) is 10.6 Å². The summed E-state index contributed by atoms with van der Waals surface area (Å²) < 4.78 is 27.4. The highest BCUT2D eigenvalue weighted by atomic mass is 32.1. The lowest BCUT2D eigenvalue weighted by atomic mass is 9.75. The molecule has 1 aliphatic rings. The van der Waals surface area contributed by atoms with E-state index in [1.807, 2.05) is 0 Å². The third-order valence-corrected chi connectivity index (χ3v) is 7.24. The van der Waals surface area contributed by atoms with Crippen LogP contribution in [0.1, 0.15) is 75.5 Å². The van der Waals surface area contributed by atoms with E-state index in [2.05, 4.69) is 48.7 Å². The molecule has 2 N–H and O–H groups in total. The molecule has 2 atom stereocenters. The fourth-order valence-corrected chi connectivity index (χ4v) is 5.16. The molecule has 1 fully saturated rings. The molecule has 0 saturated heterocycles. The van der Waals surface area contributed by atoms with Gasteiger partial charge in [0.1, 0.15) is 11.6 Å². The van der Waals surface area contributed by atoms with Crippen LogP contribution in [0, 0.1) is 11.6 Å². The number of hydrogen-bond donors (Lipinski definition) is 3. The quantitative estimate of drug-likeness (QED) is 0.397. The van der Waals surface area contributed by atoms with Crippen molar-refractivity contribution in [1.29, 1.82) is 0 Å². The summed E-state index contributed by atoms with van der Waals surface area (Å²) in [5, 5.41) is 6.51. The van der Waals surface area contributed by atoms with Crippen molar-refractivity contribution < 1.29 is 13.6 Å². The molecule has 0 radical (unpaired) electrons. The van der Waals surface area contributed by atoms with Crippen LogP contribution in [0.4, 0.5) is 8.78 Å². The number of benzene rings is 2. The van der Waals surface area contributed by atoms with Crippen LogP contribution in [-0.4, -0.2) is 23.7 Å². The minimum absolute atomic E-state index is 0.129. The molecule has 1 aliphatic carbocycles. The van der Waals surface area contributed by atoms with Gasteiger partial charge in [-0.3, -0.25) is 4.79 Å². The van der Waals surface area contributed by atoms with E-state index in [4.69, 9.17) is 12.6 Å². The molecule has 180 valence electrons. The predicted molar refractivity (Wildman–Crippen MR) is 134 cm³/mol. The van der Waals surface area contributed by atoms with E-state index in [-0.39, 0.29) is 22.7 Å². The number of thiol groups is 1. The smallest absolute Gasteiger partial charge is 0.217 e. The standard InChI is InChI=1S/C27H36F2N2OS/c1-18(2)21-8-7-9-22(15-21)27(10-5-4-6-11-27)30-17-26(33)25(31-19(3)32)14-20-12-23(28)16-24(29)13-20/h7-9,12-13,15-16,18,25-26,30,33H,4-6,10-11,14,17H2,1-3H3,(H,31,32)/t25-,26+/m0/s1. The lowest BCUT2D eigenvalue weighted by Crippen LogP contribution is -2.51. The number of halogens is 2. The molecular formula is C27H36F2N2OS. The number of carbonyl (C=O) groups is 1. The van der Waals surface area contributed by atoms with Crippen LogP contribution in [-0.2, 0) is 16.8 Å². The number of hydrogen-bond acceptors (Lipinski definition) is 3. The largest absolute Gasteiger partial charge is 0.352 e. The minimum atomic E-state index is -0.619. The Bertz CT molecular complexity index is 923. The molecule has 3 nitrogen and oxygen atoms in total. The molecule has 0 heterocycles. The first kappa shape index (κ1) is 25.7. The Hall–Kier alpha value is -1.92. The van der Waals surface area contributed by atoms with E-state index in [1.54, 1.807) is 0 Å². The van der Waals surface area contributed by atoms with Crippen LogP contribution in [0.3, 0.4) is 0 Å². The summed E-state index contributed by atoms with van der Waals surface area (Å²) >= 11 is 4.82. The first-order valence-corrected chi connectivity index (χ1v) is 12.5. The van der Waals surface area contributed by atoms with Crippen LogP contribution in [0.15, 0.2) is 42.5 Å². The van der Waals surface area contributed by atoms with Gasteiger partial charge in [0.2, 0.25) is 5.91 Å². The maximum atomic E-state index is 13.7. The summed E-state index contributed by atoms with van der Waals surface area (Å²) in [4.78, 5) is 11.9. The molecule has 3 rings (SSSR count). The van der Waals surface area contributed by atoms with Gasteiger partial charge in [-0.25, -0.2) is 8.78 Å². The summed E-state index contributed by atoms with van der Waals surface area (Å²) in [6.45, 7) is 6.43. The van der Waals surface area contributed by atoms with Crippen molar-refractivity contribution in [3.05, 3.63) is 70.8 Å². The summed E-state index contributed by atoms with van der Waals surface area (Å²) in [5.74, 6) is -0.967. The Morgan fingerprint density at radius 2 is 1.73 bits per heavy atom. The van der Waals surface area contributed by atoms with Gasteiger partial charge in [0, 0.05) is 36.4 Å². The molecule has 2 aromatic rings. The highest BCUT2D eigenvalue weighted by Gasteiger charge is 2.35. The Morgan fingerprint density at radius 3 is 2.33 bits per heavy atom. The first-order chi connectivity index (χ1) is 15.7. The van der Waals surface area contributed by atoms with E-state index in [0.29, 0.717) is 24.4 Å². The van der Waals surface area contributed by atoms with E-state index in [1.165, 1.54) is 36.6 Å². The van der Waals surface area contributed by atoms with E-state index >= 15 is 0 Å². The zero-order valence-electron chi connectivity index (χ0n) is 19.8. The third-order valence-electron chi connectivity index (χ3n) is 6.69. The lowest BCUT2D eigenvalue weighted by Gasteiger charge is -2.40. The highest BCUT2D eigenvalue weighted by Crippen LogP contribution is 2.38. The monoisotopic (exact) mass is 474 g/mol. The molecule has 0 unspecified atom stereocenters. The fourth-order valence-electron chi connectivity index (χ4n) is 4.89. The lowest BCUT2D eigenvalue weighted by molar-refractivity contribution is -0.119. The highest BCUT2D eigenvalue weighted by molar-refractivity contribution is 7.81. The van der Waals surface area contributed by atoms with Crippen LogP contribution >= 0.6 is 12.6 Å². The van der Waals surface area contributed by atoms with Crippen LogP contribution in [0.2, 0.25) is 0 Å². The SMILES string of the molecule is CC(=O)N[C@@H](Cc1cc(F)cc(F)c1)[C@H](S)CNC1(c2cccc(C(C)C)c2)CCCCC1. The second-order valence-electron chi connectivity index (χ2n) is 9.66. The second kappa shape index (κ2) is 11.5. The van der Waals surface area contributed by atoms with Gasteiger partial charge < -0.3 is 10.6 Å². The molecule has 0 aliphatic heterocycles. The molecule has 33 heavy (non-hydrogen) atoms. The van der Waals surface area contributed by atoms with E-state index < -0.39 is 11.6 Å². The van der Waals surface area contributed by atoms with Crippen molar-refractivity contribution in [2.45, 2.75) is 82.0 Å². The summed E-state index contributed by atoms with van der Waals surface area (Å²) in [5.41, 5.74) is 3.00. The zero-order valence-corrected chi connectivity index (χ0v) is 20.7.